The predicted octanol–water partition coefficient (Wildman–Crippen LogP) is 8.99. The number of benzene rings is 3. The van der Waals surface area contributed by atoms with E-state index < -0.39 is 16.1 Å². The van der Waals surface area contributed by atoms with Crippen molar-refractivity contribution in [2.45, 2.75) is 53.1 Å². The fraction of sp³-hybridized carbons (Fsp3) is 0.222. The molecule has 5 heteroatoms. The Labute approximate surface area is 248 Å². The van der Waals surface area contributed by atoms with Gasteiger partial charge in [0, 0.05) is 40.6 Å². The minimum absolute atomic E-state index is 1.02. The lowest BCUT2D eigenvalue weighted by Gasteiger charge is -2.27. The molecule has 5 rings (SSSR count). The fourth-order valence-corrected chi connectivity index (χ4v) is 7.53. The molecule has 0 saturated heterocycles. The largest absolute Gasteiger partial charge is 0.310 e. The van der Waals surface area contributed by atoms with Crippen LogP contribution in [0.2, 0.25) is 39.3 Å². The third-order valence-corrected chi connectivity index (χ3v) is 11.6. The maximum Gasteiger partial charge on any atom is 0.0777 e. The average molecular weight is 572 g/mol. The summed E-state index contributed by atoms with van der Waals surface area (Å²) in [4.78, 5) is 11.9. The Bertz CT molecular complexity index is 1580. The number of aromatic nitrogens is 2. The molecule has 0 radical (unpaired) electrons. The van der Waals surface area contributed by atoms with Gasteiger partial charge in [0.1, 0.15) is 0 Å². The van der Waals surface area contributed by atoms with E-state index in [1.165, 1.54) is 21.5 Å². The van der Waals surface area contributed by atoms with Crippen LogP contribution in [0.15, 0.2) is 103 Å². The van der Waals surface area contributed by atoms with Crippen molar-refractivity contribution in [3.05, 3.63) is 115 Å². The number of hydrogen-bond donors (Lipinski definition) is 0. The van der Waals surface area contributed by atoms with Crippen molar-refractivity contribution in [3.63, 3.8) is 0 Å². The minimum Gasteiger partial charge on any atom is -0.310 e. The third-order valence-electron chi connectivity index (χ3n) is 7.52. The van der Waals surface area contributed by atoms with Gasteiger partial charge in [-0.2, -0.15) is 0 Å². The van der Waals surface area contributed by atoms with E-state index in [0.29, 0.717) is 0 Å². The summed E-state index contributed by atoms with van der Waals surface area (Å²) < 4.78 is 0. The van der Waals surface area contributed by atoms with Gasteiger partial charge in [-0.25, -0.2) is 0 Å². The molecule has 5 aromatic rings. The third kappa shape index (κ3) is 6.58. The van der Waals surface area contributed by atoms with E-state index in [2.05, 4.69) is 149 Å². The summed E-state index contributed by atoms with van der Waals surface area (Å²) in [7, 11) is -2.92. The second-order valence-electron chi connectivity index (χ2n) is 13.1. The van der Waals surface area contributed by atoms with Crippen LogP contribution in [0, 0.1) is 13.8 Å². The summed E-state index contributed by atoms with van der Waals surface area (Å²) >= 11 is 0. The summed E-state index contributed by atoms with van der Waals surface area (Å²) in [6.45, 7) is 18.6. The molecule has 41 heavy (non-hydrogen) atoms. The van der Waals surface area contributed by atoms with Crippen LogP contribution in [0.25, 0.3) is 22.5 Å². The van der Waals surface area contributed by atoms with E-state index in [1.54, 1.807) is 0 Å². The standard InChI is InChI=1S/C36H41N3Si2/c1-26-19-27(2)21-32(20-26)39(30-13-9-11-28(22-30)35-24-33(15-17-37-35)40(3,4)5)31-14-10-12-29(23-31)36-25-34(16-18-38-36)41(6,7)8/h9-25H,1-8H3. The maximum atomic E-state index is 4.78. The number of pyridine rings is 2. The molecule has 0 aliphatic rings. The van der Waals surface area contributed by atoms with Gasteiger partial charge >= 0.3 is 0 Å². The van der Waals surface area contributed by atoms with E-state index in [9.17, 15) is 0 Å². The van der Waals surface area contributed by atoms with Crippen LogP contribution >= 0.6 is 0 Å². The first kappa shape index (κ1) is 28.7. The van der Waals surface area contributed by atoms with Crippen LogP contribution in [0.1, 0.15) is 11.1 Å². The van der Waals surface area contributed by atoms with Crippen LogP contribution in [0.3, 0.4) is 0 Å². The summed E-state index contributed by atoms with van der Waals surface area (Å²) in [5.41, 5.74) is 10.1. The van der Waals surface area contributed by atoms with Crippen LogP contribution in [0.4, 0.5) is 17.1 Å². The zero-order chi connectivity index (χ0) is 29.4. The molecule has 0 unspecified atom stereocenters. The predicted molar refractivity (Wildman–Crippen MR) is 183 cm³/mol. The first-order valence-corrected chi connectivity index (χ1v) is 21.4. The highest BCUT2D eigenvalue weighted by Crippen LogP contribution is 2.38. The quantitative estimate of drug-likeness (QED) is 0.183. The van der Waals surface area contributed by atoms with Crippen molar-refractivity contribution < 1.29 is 0 Å². The lowest BCUT2D eigenvalue weighted by Crippen LogP contribution is -2.37. The number of rotatable bonds is 7. The summed E-state index contributed by atoms with van der Waals surface area (Å²) in [5.74, 6) is 0. The van der Waals surface area contributed by atoms with Crippen LogP contribution in [-0.4, -0.2) is 26.1 Å². The van der Waals surface area contributed by atoms with Gasteiger partial charge in [0.25, 0.3) is 0 Å². The van der Waals surface area contributed by atoms with Crippen molar-refractivity contribution in [1.82, 2.24) is 9.97 Å². The summed E-state index contributed by atoms with van der Waals surface area (Å²) in [6.07, 6.45) is 3.92. The summed E-state index contributed by atoms with van der Waals surface area (Å²) in [6, 6.07) is 33.2. The zero-order valence-corrected chi connectivity index (χ0v) is 27.7. The Morgan fingerprint density at radius 1 is 0.488 bits per heavy atom. The molecule has 0 bridgehead atoms. The Balaban J connectivity index is 1.65. The Hall–Kier alpha value is -3.81. The molecule has 0 aliphatic carbocycles. The number of aryl methyl sites for hydroxylation is 2. The molecule has 3 aromatic carbocycles. The molecule has 0 N–H and O–H groups in total. The zero-order valence-electron chi connectivity index (χ0n) is 25.7. The van der Waals surface area contributed by atoms with Gasteiger partial charge in [0.15, 0.2) is 0 Å². The number of anilines is 3. The molecule has 0 aliphatic heterocycles. The second kappa shape index (κ2) is 11.2. The lowest BCUT2D eigenvalue weighted by atomic mass is 10.1. The van der Waals surface area contributed by atoms with Gasteiger partial charge in [0.05, 0.1) is 27.5 Å². The Morgan fingerprint density at radius 2 is 0.927 bits per heavy atom. The molecule has 0 spiro atoms. The fourth-order valence-electron chi connectivity index (χ4n) is 5.25. The molecule has 3 nitrogen and oxygen atoms in total. The molecule has 0 atom stereocenters. The van der Waals surface area contributed by atoms with E-state index >= 15 is 0 Å². The van der Waals surface area contributed by atoms with E-state index in [1.807, 2.05) is 12.4 Å². The lowest BCUT2D eigenvalue weighted by molar-refractivity contribution is 1.25. The van der Waals surface area contributed by atoms with Gasteiger partial charge in [-0.15, -0.1) is 0 Å². The van der Waals surface area contributed by atoms with Gasteiger partial charge in [-0.1, -0.05) is 80.0 Å². The maximum absolute atomic E-state index is 4.78. The van der Waals surface area contributed by atoms with Crippen molar-refractivity contribution in [1.29, 1.82) is 0 Å². The van der Waals surface area contributed by atoms with E-state index in [-0.39, 0.29) is 0 Å². The molecular formula is C36H41N3Si2. The van der Waals surface area contributed by atoms with Crippen molar-refractivity contribution in [3.8, 4) is 22.5 Å². The molecule has 0 amide bonds. The van der Waals surface area contributed by atoms with E-state index in [0.717, 1.165) is 39.6 Å². The molecule has 208 valence electrons. The monoisotopic (exact) mass is 571 g/mol. The van der Waals surface area contributed by atoms with Crippen LogP contribution in [0.5, 0.6) is 0 Å². The number of hydrogen-bond acceptors (Lipinski definition) is 3. The van der Waals surface area contributed by atoms with Gasteiger partial charge in [-0.05, 0) is 85.6 Å². The average Bonchev–Trinajstić information content (AvgIpc) is 2.92. The van der Waals surface area contributed by atoms with Gasteiger partial charge < -0.3 is 4.90 Å². The first-order chi connectivity index (χ1) is 19.4. The molecular weight excluding hydrogens is 531 g/mol. The summed E-state index contributed by atoms with van der Waals surface area (Å²) in [5, 5.41) is 2.83. The highest BCUT2D eigenvalue weighted by molar-refractivity contribution is 6.89. The van der Waals surface area contributed by atoms with Crippen molar-refractivity contribution in [2.24, 2.45) is 0 Å². The van der Waals surface area contributed by atoms with E-state index in [4.69, 9.17) is 9.97 Å². The SMILES string of the molecule is Cc1cc(C)cc(N(c2cccc(-c3cc([Si](C)(C)C)ccn3)c2)c2cccc(-c3cc([Si](C)(C)C)ccn3)c2)c1. The molecule has 2 heterocycles. The number of nitrogens with zero attached hydrogens (tertiary/aromatic N) is 3. The first-order valence-electron chi connectivity index (χ1n) is 14.4. The highest BCUT2D eigenvalue weighted by Gasteiger charge is 2.20. The van der Waals surface area contributed by atoms with Gasteiger partial charge in [-0.3, -0.25) is 9.97 Å². The van der Waals surface area contributed by atoms with Gasteiger partial charge in [0.2, 0.25) is 0 Å². The Kier molecular flexibility index (Phi) is 7.86. The van der Waals surface area contributed by atoms with Crippen LogP contribution < -0.4 is 15.3 Å². The smallest absolute Gasteiger partial charge is 0.0777 e. The topological polar surface area (TPSA) is 29.0 Å². The van der Waals surface area contributed by atoms with Crippen molar-refractivity contribution in [2.75, 3.05) is 4.90 Å². The molecule has 2 aromatic heterocycles. The second-order valence-corrected chi connectivity index (χ2v) is 23.3. The molecule has 0 fully saturated rings. The minimum atomic E-state index is -1.46. The van der Waals surface area contributed by atoms with Crippen LogP contribution in [-0.2, 0) is 0 Å². The van der Waals surface area contributed by atoms with Crippen molar-refractivity contribution >= 4 is 43.6 Å². The highest BCUT2D eigenvalue weighted by atomic mass is 28.3. The Morgan fingerprint density at radius 3 is 1.34 bits per heavy atom. The normalized spacial score (nSPS) is 11.9. The molecule has 0 saturated carbocycles.